The number of amides is 2. The van der Waals surface area contributed by atoms with Crippen LogP contribution in [0.2, 0.25) is 5.02 Å². The second-order valence-corrected chi connectivity index (χ2v) is 7.88. The molecule has 1 fully saturated rings. The first kappa shape index (κ1) is 20.2. The van der Waals surface area contributed by atoms with Crippen LogP contribution in [-0.4, -0.2) is 28.1 Å². The lowest BCUT2D eigenvalue weighted by Crippen LogP contribution is -2.24. The number of nitrogens with one attached hydrogen (secondary N) is 2. The van der Waals surface area contributed by atoms with Gasteiger partial charge in [-0.25, -0.2) is 4.68 Å². The van der Waals surface area contributed by atoms with Crippen molar-refractivity contribution in [1.82, 2.24) is 15.1 Å². The van der Waals surface area contributed by atoms with Gasteiger partial charge in [-0.05, 0) is 42.3 Å². The third-order valence-corrected chi connectivity index (χ3v) is 5.39. The van der Waals surface area contributed by atoms with E-state index in [0.29, 0.717) is 17.4 Å². The van der Waals surface area contributed by atoms with Crippen molar-refractivity contribution in [1.29, 1.82) is 0 Å². The van der Waals surface area contributed by atoms with Crippen LogP contribution in [0.4, 0.5) is 5.82 Å². The van der Waals surface area contributed by atoms with E-state index < -0.39 is 0 Å². The molecule has 0 spiro atoms. The van der Waals surface area contributed by atoms with Gasteiger partial charge < -0.3 is 10.6 Å². The summed E-state index contributed by atoms with van der Waals surface area (Å²) >= 11 is 6.05. The van der Waals surface area contributed by atoms with E-state index in [2.05, 4.69) is 34.8 Å². The molecule has 30 heavy (non-hydrogen) atoms. The van der Waals surface area contributed by atoms with Gasteiger partial charge in [0.25, 0.3) is 0 Å². The molecule has 1 aliphatic heterocycles. The second-order valence-electron chi connectivity index (χ2n) is 7.45. The highest BCUT2D eigenvalue weighted by molar-refractivity contribution is 6.30. The minimum absolute atomic E-state index is 0.102. The van der Waals surface area contributed by atoms with Crippen LogP contribution in [0.5, 0.6) is 0 Å². The molecule has 4 rings (SSSR count). The summed E-state index contributed by atoms with van der Waals surface area (Å²) in [7, 11) is 0. The molecule has 6 nitrogen and oxygen atoms in total. The van der Waals surface area contributed by atoms with Gasteiger partial charge in [0.15, 0.2) is 5.82 Å². The standard InChI is InChI=1S/C23H23ClN4O2/c1-2-4-15-5-3-6-16(11-15)20-13-21(26-23(30)17-12-22(29)25-14-17)27-28(20)19-9-7-18(24)8-10-19/h3,5-11,13,17H,2,4,12,14H2,1H3,(H,25,29)(H,26,27,30)/t17-/m0/s1. The summed E-state index contributed by atoms with van der Waals surface area (Å²) in [6.45, 7) is 2.51. The van der Waals surface area contributed by atoms with Crippen LogP contribution in [0.25, 0.3) is 16.9 Å². The third-order valence-electron chi connectivity index (χ3n) is 5.14. The SMILES string of the molecule is CCCc1cccc(-c2cc(NC(=O)[C@@H]3CNC(=O)C3)nn2-c2ccc(Cl)cc2)c1. The molecule has 0 bridgehead atoms. The van der Waals surface area contributed by atoms with Crippen LogP contribution >= 0.6 is 11.6 Å². The fraction of sp³-hybridized carbons (Fsp3) is 0.261. The first-order chi connectivity index (χ1) is 14.5. The van der Waals surface area contributed by atoms with E-state index >= 15 is 0 Å². The minimum Gasteiger partial charge on any atom is -0.355 e. The Morgan fingerprint density at radius 3 is 2.73 bits per heavy atom. The molecule has 0 saturated carbocycles. The highest BCUT2D eigenvalue weighted by Crippen LogP contribution is 2.28. The number of hydrogen-bond acceptors (Lipinski definition) is 3. The predicted octanol–water partition coefficient (Wildman–Crippen LogP) is 4.22. The molecule has 0 unspecified atom stereocenters. The summed E-state index contributed by atoms with van der Waals surface area (Å²) in [6.07, 6.45) is 2.26. The number of hydrogen-bond donors (Lipinski definition) is 2. The fourth-order valence-corrected chi connectivity index (χ4v) is 3.75. The van der Waals surface area contributed by atoms with Gasteiger partial charge in [-0.1, -0.05) is 43.1 Å². The molecular weight excluding hydrogens is 400 g/mol. The highest BCUT2D eigenvalue weighted by atomic mass is 35.5. The number of nitrogens with zero attached hydrogens (tertiary/aromatic N) is 2. The fourth-order valence-electron chi connectivity index (χ4n) is 3.62. The summed E-state index contributed by atoms with van der Waals surface area (Å²) in [5, 5.41) is 10.8. The summed E-state index contributed by atoms with van der Waals surface area (Å²) < 4.78 is 1.80. The van der Waals surface area contributed by atoms with E-state index in [-0.39, 0.29) is 24.2 Å². The van der Waals surface area contributed by atoms with E-state index in [1.54, 1.807) is 4.68 Å². The lowest BCUT2D eigenvalue weighted by atomic mass is 10.0. The monoisotopic (exact) mass is 422 g/mol. The van der Waals surface area contributed by atoms with Crippen molar-refractivity contribution in [2.45, 2.75) is 26.2 Å². The molecule has 0 aliphatic carbocycles. The molecule has 2 aromatic carbocycles. The molecule has 7 heteroatoms. The first-order valence-electron chi connectivity index (χ1n) is 10.1. The van der Waals surface area contributed by atoms with Gasteiger partial charge in [0.2, 0.25) is 11.8 Å². The Balaban J connectivity index is 1.70. The average molecular weight is 423 g/mol. The maximum Gasteiger partial charge on any atom is 0.230 e. The number of anilines is 1. The highest BCUT2D eigenvalue weighted by Gasteiger charge is 2.28. The van der Waals surface area contributed by atoms with Gasteiger partial charge in [0.1, 0.15) is 0 Å². The van der Waals surface area contributed by atoms with Crippen LogP contribution in [0.1, 0.15) is 25.3 Å². The average Bonchev–Trinajstić information content (AvgIpc) is 3.36. The molecule has 3 aromatic rings. The Labute approximate surface area is 180 Å². The molecule has 2 N–H and O–H groups in total. The van der Waals surface area contributed by atoms with Crippen molar-refractivity contribution >= 4 is 29.2 Å². The maximum atomic E-state index is 12.6. The van der Waals surface area contributed by atoms with Gasteiger partial charge >= 0.3 is 0 Å². The largest absolute Gasteiger partial charge is 0.355 e. The van der Waals surface area contributed by atoms with E-state index in [9.17, 15) is 9.59 Å². The Morgan fingerprint density at radius 2 is 2.03 bits per heavy atom. The second kappa shape index (κ2) is 8.71. The number of carbonyl (C=O) groups excluding carboxylic acids is 2. The smallest absolute Gasteiger partial charge is 0.230 e. The van der Waals surface area contributed by atoms with Gasteiger partial charge in [-0.15, -0.1) is 5.10 Å². The summed E-state index contributed by atoms with van der Waals surface area (Å²) in [6, 6.07) is 17.6. The Hall–Kier alpha value is -3.12. The molecular formula is C23H23ClN4O2. The Bertz CT molecular complexity index is 1080. The Kier molecular flexibility index (Phi) is 5.86. The lowest BCUT2D eigenvalue weighted by molar-refractivity contribution is -0.123. The summed E-state index contributed by atoms with van der Waals surface area (Å²) in [4.78, 5) is 24.0. The lowest BCUT2D eigenvalue weighted by Gasteiger charge is -2.09. The van der Waals surface area contributed by atoms with E-state index in [1.807, 2.05) is 42.5 Å². The van der Waals surface area contributed by atoms with Gasteiger partial charge in [-0.3, -0.25) is 9.59 Å². The first-order valence-corrected chi connectivity index (χ1v) is 10.4. The molecule has 0 radical (unpaired) electrons. The van der Waals surface area contributed by atoms with Gasteiger partial charge in [-0.2, -0.15) is 0 Å². The normalized spacial score (nSPS) is 15.8. The van der Waals surface area contributed by atoms with Crippen molar-refractivity contribution in [3.63, 3.8) is 0 Å². The zero-order valence-corrected chi connectivity index (χ0v) is 17.4. The zero-order valence-electron chi connectivity index (χ0n) is 16.7. The van der Waals surface area contributed by atoms with E-state index in [0.717, 1.165) is 29.8 Å². The van der Waals surface area contributed by atoms with Crippen LogP contribution in [-0.2, 0) is 16.0 Å². The number of aromatic nitrogens is 2. The van der Waals surface area contributed by atoms with Crippen molar-refractivity contribution in [3.8, 4) is 16.9 Å². The summed E-state index contributed by atoms with van der Waals surface area (Å²) in [5.41, 5.74) is 3.97. The topological polar surface area (TPSA) is 76.0 Å². The van der Waals surface area contributed by atoms with Crippen molar-refractivity contribution < 1.29 is 9.59 Å². The predicted molar refractivity (Wildman–Crippen MR) is 118 cm³/mol. The number of halogens is 1. The molecule has 1 aromatic heterocycles. The number of benzene rings is 2. The number of aryl methyl sites for hydroxylation is 1. The molecule has 2 heterocycles. The molecule has 1 saturated heterocycles. The maximum absolute atomic E-state index is 12.6. The molecule has 2 amide bonds. The van der Waals surface area contributed by atoms with E-state index in [1.165, 1.54) is 5.56 Å². The van der Waals surface area contributed by atoms with Crippen LogP contribution in [0.3, 0.4) is 0 Å². The third kappa shape index (κ3) is 4.39. The van der Waals surface area contributed by atoms with Crippen molar-refractivity contribution in [2.75, 3.05) is 11.9 Å². The van der Waals surface area contributed by atoms with Gasteiger partial charge in [0.05, 0.1) is 17.3 Å². The van der Waals surface area contributed by atoms with Crippen molar-refractivity contribution in [2.24, 2.45) is 5.92 Å². The van der Waals surface area contributed by atoms with Crippen LogP contribution in [0.15, 0.2) is 54.6 Å². The van der Waals surface area contributed by atoms with E-state index in [4.69, 9.17) is 11.6 Å². The van der Waals surface area contributed by atoms with Crippen LogP contribution < -0.4 is 10.6 Å². The van der Waals surface area contributed by atoms with Gasteiger partial charge in [0, 0.05) is 29.6 Å². The Morgan fingerprint density at radius 1 is 1.23 bits per heavy atom. The molecule has 1 atom stereocenters. The molecule has 1 aliphatic rings. The summed E-state index contributed by atoms with van der Waals surface area (Å²) in [5.74, 6) is -0.240. The minimum atomic E-state index is -0.380. The molecule has 154 valence electrons. The number of carbonyl (C=O) groups is 2. The van der Waals surface area contributed by atoms with Crippen LogP contribution in [0, 0.1) is 5.92 Å². The zero-order chi connectivity index (χ0) is 21.1. The quantitative estimate of drug-likeness (QED) is 0.624. The number of rotatable bonds is 6. The van der Waals surface area contributed by atoms with Crippen molar-refractivity contribution in [3.05, 3.63) is 65.2 Å².